The van der Waals surface area contributed by atoms with Crippen molar-refractivity contribution in [3.63, 3.8) is 0 Å². The Balaban J connectivity index is 2.06. The van der Waals surface area contributed by atoms with Gasteiger partial charge in [-0.2, -0.15) is 0 Å². The lowest BCUT2D eigenvalue weighted by molar-refractivity contribution is -0.116. The molecule has 0 bridgehead atoms. The maximum atomic E-state index is 12.3. The van der Waals surface area contributed by atoms with Gasteiger partial charge in [0.15, 0.2) is 0 Å². The van der Waals surface area contributed by atoms with Crippen molar-refractivity contribution in [2.45, 2.75) is 17.9 Å². The van der Waals surface area contributed by atoms with Crippen LogP contribution in [0.2, 0.25) is 0 Å². The molecule has 0 radical (unpaired) electrons. The van der Waals surface area contributed by atoms with E-state index in [0.717, 1.165) is 0 Å². The van der Waals surface area contributed by atoms with E-state index in [1.165, 1.54) is 31.4 Å². The fourth-order valence-electron chi connectivity index (χ4n) is 2.20. The summed E-state index contributed by atoms with van der Waals surface area (Å²) >= 11 is 0. The van der Waals surface area contributed by atoms with Gasteiger partial charge >= 0.3 is 0 Å². The highest BCUT2D eigenvalue weighted by atomic mass is 32.2. The monoisotopic (exact) mass is 379 g/mol. The number of carbonyl (C=O) groups excluding carboxylic acids is 1. The summed E-state index contributed by atoms with van der Waals surface area (Å²) in [4.78, 5) is 12.3. The number of methoxy groups -OCH3 is 2. The van der Waals surface area contributed by atoms with Crippen LogP contribution < -0.4 is 25.2 Å². The number of primary sulfonamides is 1. The number of hydrogen-bond donors (Lipinski definition) is 3. The maximum absolute atomic E-state index is 12.3. The van der Waals surface area contributed by atoms with Gasteiger partial charge in [-0.25, -0.2) is 13.6 Å². The number of nitrogens with two attached hydrogens (primary N) is 1. The van der Waals surface area contributed by atoms with Crippen LogP contribution in [-0.2, 0) is 14.8 Å². The molecule has 0 heterocycles. The zero-order chi connectivity index (χ0) is 19.3. The second-order valence-electron chi connectivity index (χ2n) is 5.49. The van der Waals surface area contributed by atoms with Crippen LogP contribution >= 0.6 is 0 Å². The van der Waals surface area contributed by atoms with E-state index in [1.807, 2.05) is 0 Å². The Kier molecular flexibility index (Phi) is 6.06. The van der Waals surface area contributed by atoms with Crippen molar-refractivity contribution >= 4 is 27.3 Å². The second-order valence-corrected chi connectivity index (χ2v) is 7.05. The van der Waals surface area contributed by atoms with E-state index in [1.54, 1.807) is 32.2 Å². The highest BCUT2D eigenvalue weighted by Crippen LogP contribution is 2.29. The van der Waals surface area contributed by atoms with Crippen molar-refractivity contribution in [2.24, 2.45) is 5.14 Å². The van der Waals surface area contributed by atoms with E-state index < -0.39 is 16.1 Å². The average molecular weight is 379 g/mol. The molecule has 2 aromatic carbocycles. The van der Waals surface area contributed by atoms with Gasteiger partial charge in [0.05, 0.1) is 24.8 Å². The largest absolute Gasteiger partial charge is 0.497 e. The number of benzene rings is 2. The molecule has 0 saturated heterocycles. The lowest BCUT2D eigenvalue weighted by atomic mass is 10.2. The van der Waals surface area contributed by atoms with Crippen molar-refractivity contribution in [3.8, 4) is 11.5 Å². The highest BCUT2D eigenvalue weighted by molar-refractivity contribution is 7.89. The molecule has 9 heteroatoms. The molecule has 0 aliphatic heterocycles. The average Bonchev–Trinajstić information content (AvgIpc) is 2.61. The van der Waals surface area contributed by atoms with Crippen LogP contribution in [0.15, 0.2) is 47.4 Å². The number of amides is 1. The predicted molar refractivity (Wildman–Crippen MR) is 99.1 cm³/mol. The number of rotatable bonds is 7. The summed E-state index contributed by atoms with van der Waals surface area (Å²) in [5.74, 6) is 0.882. The van der Waals surface area contributed by atoms with Gasteiger partial charge in [0.2, 0.25) is 15.9 Å². The molecular weight excluding hydrogens is 358 g/mol. The standard InChI is InChI=1S/C17H21N3O5S/c1-11(19-15-9-6-13(24-2)10-16(15)25-3)17(21)20-12-4-7-14(8-5-12)26(18,22)23/h4-11,19H,1-3H3,(H,20,21)(H2,18,22,23)/t11-/m1/s1. The fraction of sp³-hybridized carbons (Fsp3) is 0.235. The van der Waals surface area contributed by atoms with Gasteiger partial charge in [0, 0.05) is 11.8 Å². The Morgan fingerprint density at radius 2 is 1.73 bits per heavy atom. The third-order valence-corrected chi connectivity index (χ3v) is 4.55. The normalized spacial score (nSPS) is 12.2. The maximum Gasteiger partial charge on any atom is 0.246 e. The number of sulfonamides is 1. The minimum atomic E-state index is -3.77. The molecule has 0 aliphatic carbocycles. The molecule has 8 nitrogen and oxygen atoms in total. The third-order valence-electron chi connectivity index (χ3n) is 3.62. The second kappa shape index (κ2) is 8.07. The van der Waals surface area contributed by atoms with Crippen molar-refractivity contribution in [1.29, 1.82) is 0 Å². The molecule has 4 N–H and O–H groups in total. The Bertz CT molecular complexity index is 882. The smallest absolute Gasteiger partial charge is 0.246 e. The molecule has 0 unspecified atom stereocenters. The molecule has 2 aromatic rings. The Labute approximate surface area is 152 Å². The zero-order valence-corrected chi connectivity index (χ0v) is 15.5. The van der Waals surface area contributed by atoms with Crippen molar-refractivity contribution in [3.05, 3.63) is 42.5 Å². The van der Waals surface area contributed by atoms with Gasteiger partial charge in [0.1, 0.15) is 17.5 Å². The minimum absolute atomic E-state index is 0.0235. The lowest BCUT2D eigenvalue weighted by Gasteiger charge is -2.18. The first-order valence-corrected chi connectivity index (χ1v) is 9.21. The summed E-state index contributed by atoms with van der Waals surface area (Å²) in [7, 11) is -0.688. The van der Waals surface area contributed by atoms with Crippen LogP contribution in [0.1, 0.15) is 6.92 Å². The molecule has 0 saturated carbocycles. The molecule has 0 fully saturated rings. The molecule has 0 aliphatic rings. The number of carbonyl (C=O) groups is 1. The van der Waals surface area contributed by atoms with E-state index in [-0.39, 0.29) is 10.8 Å². The van der Waals surface area contributed by atoms with Crippen LogP contribution in [0.4, 0.5) is 11.4 Å². The summed E-state index contributed by atoms with van der Waals surface area (Å²) in [5.41, 5.74) is 1.10. The first-order chi connectivity index (χ1) is 12.2. The molecule has 1 amide bonds. The molecule has 0 spiro atoms. The van der Waals surface area contributed by atoms with Gasteiger partial charge in [-0.15, -0.1) is 0 Å². The van der Waals surface area contributed by atoms with Crippen LogP contribution in [0, 0.1) is 0 Å². The van der Waals surface area contributed by atoms with Gasteiger partial charge in [-0.1, -0.05) is 0 Å². The highest BCUT2D eigenvalue weighted by Gasteiger charge is 2.16. The van der Waals surface area contributed by atoms with Crippen LogP contribution in [0.25, 0.3) is 0 Å². The number of anilines is 2. The van der Waals surface area contributed by atoms with Crippen molar-refractivity contribution in [2.75, 3.05) is 24.9 Å². The van der Waals surface area contributed by atoms with Crippen LogP contribution in [0.3, 0.4) is 0 Å². The molecule has 26 heavy (non-hydrogen) atoms. The SMILES string of the molecule is COc1ccc(N[C@H](C)C(=O)Nc2ccc(S(N)(=O)=O)cc2)c(OC)c1. The molecule has 1 atom stereocenters. The van der Waals surface area contributed by atoms with E-state index in [4.69, 9.17) is 14.6 Å². The van der Waals surface area contributed by atoms with Crippen LogP contribution in [-0.4, -0.2) is 34.6 Å². The van der Waals surface area contributed by atoms with E-state index in [2.05, 4.69) is 10.6 Å². The quantitative estimate of drug-likeness (QED) is 0.675. The first kappa shape index (κ1) is 19.5. The Morgan fingerprint density at radius 1 is 1.08 bits per heavy atom. The minimum Gasteiger partial charge on any atom is -0.497 e. The predicted octanol–water partition coefficient (Wildman–Crippen LogP) is 1.79. The molecule has 0 aromatic heterocycles. The summed E-state index contributed by atoms with van der Waals surface area (Å²) in [6.07, 6.45) is 0. The molecule has 140 valence electrons. The number of hydrogen-bond acceptors (Lipinski definition) is 6. The number of ether oxygens (including phenoxy) is 2. The lowest BCUT2D eigenvalue weighted by Crippen LogP contribution is -2.32. The van der Waals surface area contributed by atoms with E-state index >= 15 is 0 Å². The summed E-state index contributed by atoms with van der Waals surface area (Å²) < 4.78 is 32.9. The Morgan fingerprint density at radius 3 is 2.27 bits per heavy atom. The van der Waals surface area contributed by atoms with E-state index in [9.17, 15) is 13.2 Å². The third kappa shape index (κ3) is 4.87. The summed E-state index contributed by atoms with van der Waals surface area (Å²) in [6.45, 7) is 1.69. The topological polar surface area (TPSA) is 120 Å². The molecular formula is C17H21N3O5S. The van der Waals surface area contributed by atoms with Crippen LogP contribution in [0.5, 0.6) is 11.5 Å². The first-order valence-electron chi connectivity index (χ1n) is 7.67. The Hall–Kier alpha value is -2.78. The number of nitrogens with one attached hydrogen (secondary N) is 2. The molecule has 2 rings (SSSR count). The van der Waals surface area contributed by atoms with Crippen molar-refractivity contribution in [1.82, 2.24) is 0 Å². The summed E-state index contributed by atoms with van der Waals surface area (Å²) in [5, 5.41) is 10.8. The van der Waals surface area contributed by atoms with Crippen molar-refractivity contribution < 1.29 is 22.7 Å². The van der Waals surface area contributed by atoms with Gasteiger partial charge in [-0.3, -0.25) is 4.79 Å². The van der Waals surface area contributed by atoms with E-state index in [0.29, 0.717) is 22.9 Å². The zero-order valence-electron chi connectivity index (χ0n) is 14.6. The van der Waals surface area contributed by atoms with Gasteiger partial charge in [0.25, 0.3) is 0 Å². The van der Waals surface area contributed by atoms with Gasteiger partial charge < -0.3 is 20.1 Å². The van der Waals surface area contributed by atoms with Gasteiger partial charge in [-0.05, 0) is 43.3 Å². The fourth-order valence-corrected chi connectivity index (χ4v) is 2.71. The summed E-state index contributed by atoms with van der Waals surface area (Å²) in [6, 6.07) is 10.2.